The Morgan fingerprint density at radius 1 is 1.07 bits per heavy atom. The van der Waals surface area contributed by atoms with Crippen LogP contribution in [0, 0.1) is 11.3 Å². The van der Waals surface area contributed by atoms with Crippen molar-refractivity contribution in [3.05, 3.63) is 76.8 Å². The van der Waals surface area contributed by atoms with E-state index in [-0.39, 0.29) is 17.4 Å². The number of nitrogens with zero attached hydrogens (tertiary/aromatic N) is 3. The van der Waals surface area contributed by atoms with Gasteiger partial charge in [-0.3, -0.25) is 14.5 Å². The monoisotopic (exact) mass is 419 g/mol. The molecule has 0 bridgehead atoms. The smallest absolute Gasteiger partial charge is 0.267 e. The molecule has 2 aromatic carbocycles. The fourth-order valence-electron chi connectivity index (χ4n) is 3.54. The summed E-state index contributed by atoms with van der Waals surface area (Å²) in [5, 5.41) is 9.89. The molecule has 2 amide bonds. The molecule has 0 unspecified atom stereocenters. The topological polar surface area (TPSA) is 73.6 Å². The Morgan fingerprint density at radius 2 is 1.70 bits per heavy atom. The molecule has 2 aliphatic rings. The normalized spacial score (nSPS) is 20.8. The van der Waals surface area contributed by atoms with Crippen molar-refractivity contribution in [2.24, 2.45) is 0 Å². The van der Waals surface area contributed by atoms with Crippen molar-refractivity contribution >= 4 is 29.3 Å². The van der Waals surface area contributed by atoms with Crippen LogP contribution in [-0.4, -0.2) is 48.3 Å². The number of ether oxygens (including phenoxy) is 1. The molecular formula is C23H21N3O3S. The number of nitriles is 1. The highest BCUT2D eigenvalue weighted by molar-refractivity contribution is 8.05. The molecule has 2 aliphatic heterocycles. The van der Waals surface area contributed by atoms with Gasteiger partial charge in [0.1, 0.15) is 16.7 Å². The van der Waals surface area contributed by atoms with E-state index in [4.69, 9.17) is 4.74 Å². The minimum atomic E-state index is -0.400. The van der Waals surface area contributed by atoms with Crippen LogP contribution in [0.25, 0.3) is 0 Å². The van der Waals surface area contributed by atoms with E-state index in [2.05, 4.69) is 6.07 Å². The minimum Gasteiger partial charge on any atom is -0.378 e. The maximum Gasteiger partial charge on any atom is 0.267 e. The summed E-state index contributed by atoms with van der Waals surface area (Å²) >= 11 is 1.30. The van der Waals surface area contributed by atoms with Crippen LogP contribution in [0.15, 0.2) is 71.3 Å². The predicted molar refractivity (Wildman–Crippen MR) is 115 cm³/mol. The third kappa shape index (κ3) is 4.11. The average Bonchev–Trinajstić information content (AvgIpc) is 3.11. The van der Waals surface area contributed by atoms with E-state index >= 15 is 0 Å². The highest BCUT2D eigenvalue weighted by Gasteiger charge is 2.41. The van der Waals surface area contributed by atoms with Crippen LogP contribution in [-0.2, 0) is 20.7 Å². The Morgan fingerprint density at radius 3 is 2.33 bits per heavy atom. The molecule has 30 heavy (non-hydrogen) atoms. The van der Waals surface area contributed by atoms with Gasteiger partial charge in [0.2, 0.25) is 5.91 Å². The van der Waals surface area contributed by atoms with Crippen LogP contribution < -0.4 is 4.90 Å². The largest absolute Gasteiger partial charge is 0.378 e. The van der Waals surface area contributed by atoms with Crippen molar-refractivity contribution < 1.29 is 14.3 Å². The zero-order chi connectivity index (χ0) is 20.9. The number of rotatable bonds is 4. The van der Waals surface area contributed by atoms with Gasteiger partial charge in [0.25, 0.3) is 5.91 Å². The van der Waals surface area contributed by atoms with Gasteiger partial charge in [0, 0.05) is 18.8 Å². The van der Waals surface area contributed by atoms with Crippen LogP contribution >= 0.6 is 11.8 Å². The van der Waals surface area contributed by atoms with Gasteiger partial charge in [-0.1, -0.05) is 60.3 Å². The third-order valence-electron chi connectivity index (χ3n) is 5.07. The van der Waals surface area contributed by atoms with Crippen LogP contribution in [0.3, 0.4) is 0 Å². The third-order valence-corrected chi connectivity index (χ3v) is 6.33. The summed E-state index contributed by atoms with van der Waals surface area (Å²) in [5.74, 6) is -0.468. The van der Waals surface area contributed by atoms with Gasteiger partial charge in [0.05, 0.1) is 18.5 Å². The Hall–Kier alpha value is -3.08. The molecule has 0 aromatic heterocycles. The van der Waals surface area contributed by atoms with Crippen LogP contribution in [0.5, 0.6) is 0 Å². The number of thioether (sulfide) groups is 1. The van der Waals surface area contributed by atoms with Gasteiger partial charge in [-0.25, -0.2) is 0 Å². The lowest BCUT2D eigenvalue weighted by atomic mass is 10.1. The molecule has 0 aliphatic carbocycles. The Labute approximate surface area is 179 Å². The molecule has 0 radical (unpaired) electrons. The molecule has 0 N–H and O–H groups in total. The molecule has 0 saturated carbocycles. The molecule has 2 heterocycles. The quantitative estimate of drug-likeness (QED) is 0.563. The molecule has 2 saturated heterocycles. The van der Waals surface area contributed by atoms with Gasteiger partial charge >= 0.3 is 0 Å². The van der Waals surface area contributed by atoms with Gasteiger partial charge in [-0.2, -0.15) is 5.26 Å². The SMILES string of the molecule is N#C/C(C(=O)N1CCOCC1)=C1/S[C@@H](Cc2ccccc2)C(=O)N1c1ccccc1. The Balaban J connectivity index is 1.72. The Kier molecular flexibility index (Phi) is 6.17. The van der Waals surface area contributed by atoms with Crippen molar-refractivity contribution in [3.8, 4) is 6.07 Å². The van der Waals surface area contributed by atoms with E-state index in [1.807, 2.05) is 60.7 Å². The van der Waals surface area contributed by atoms with E-state index in [0.29, 0.717) is 43.4 Å². The van der Waals surface area contributed by atoms with Crippen molar-refractivity contribution in [2.75, 3.05) is 31.2 Å². The number of anilines is 1. The molecule has 6 nitrogen and oxygen atoms in total. The first-order chi connectivity index (χ1) is 14.7. The second-order valence-corrected chi connectivity index (χ2v) is 8.19. The number of benzene rings is 2. The number of hydrogen-bond donors (Lipinski definition) is 0. The fraction of sp³-hybridized carbons (Fsp3) is 0.261. The number of hydrogen-bond acceptors (Lipinski definition) is 5. The van der Waals surface area contributed by atoms with Crippen molar-refractivity contribution in [1.82, 2.24) is 4.90 Å². The summed E-state index contributed by atoms with van der Waals surface area (Å²) in [6, 6.07) is 21.0. The first-order valence-electron chi connectivity index (χ1n) is 9.80. The average molecular weight is 420 g/mol. The standard InChI is InChI=1S/C23H21N3O3S/c24-16-19(21(27)25-11-13-29-14-12-25)23-26(18-9-5-2-6-10-18)22(28)20(30-23)15-17-7-3-1-4-8-17/h1-10,20H,11-15H2/b23-19-/t20-/m0/s1. The first kappa shape index (κ1) is 20.2. The van der Waals surface area contributed by atoms with Crippen LogP contribution in [0.2, 0.25) is 0 Å². The summed E-state index contributed by atoms with van der Waals surface area (Å²) in [6.07, 6.45) is 0.529. The maximum absolute atomic E-state index is 13.4. The van der Waals surface area contributed by atoms with Crippen LogP contribution in [0.4, 0.5) is 5.69 Å². The second kappa shape index (κ2) is 9.16. The van der Waals surface area contributed by atoms with Crippen molar-refractivity contribution in [1.29, 1.82) is 5.26 Å². The molecule has 1 atom stereocenters. The van der Waals surface area contributed by atoms with Gasteiger partial charge in [-0.15, -0.1) is 0 Å². The summed E-state index contributed by atoms with van der Waals surface area (Å²) < 4.78 is 5.32. The first-order valence-corrected chi connectivity index (χ1v) is 10.7. The van der Waals surface area contributed by atoms with Crippen molar-refractivity contribution in [2.45, 2.75) is 11.7 Å². The highest BCUT2D eigenvalue weighted by atomic mass is 32.2. The molecular weight excluding hydrogens is 398 g/mol. The van der Waals surface area contributed by atoms with E-state index in [1.165, 1.54) is 16.7 Å². The van der Waals surface area contributed by atoms with Gasteiger partial charge in [0.15, 0.2) is 0 Å². The predicted octanol–water partition coefficient (Wildman–Crippen LogP) is 2.97. The number of para-hydroxylation sites is 1. The number of carbonyl (C=O) groups is 2. The molecule has 0 spiro atoms. The van der Waals surface area contributed by atoms with Crippen molar-refractivity contribution in [3.63, 3.8) is 0 Å². The lowest BCUT2D eigenvalue weighted by Gasteiger charge is -2.27. The zero-order valence-electron chi connectivity index (χ0n) is 16.4. The molecule has 2 fully saturated rings. The molecule has 2 aromatic rings. The number of carbonyl (C=O) groups excluding carboxylic acids is 2. The summed E-state index contributed by atoms with van der Waals surface area (Å²) in [6.45, 7) is 1.78. The summed E-state index contributed by atoms with van der Waals surface area (Å²) in [4.78, 5) is 29.6. The van der Waals surface area contributed by atoms with E-state index < -0.39 is 5.25 Å². The summed E-state index contributed by atoms with van der Waals surface area (Å²) in [7, 11) is 0. The number of morpholine rings is 1. The highest BCUT2D eigenvalue weighted by Crippen LogP contribution is 2.42. The maximum atomic E-state index is 13.4. The fourth-order valence-corrected chi connectivity index (χ4v) is 4.85. The lowest BCUT2D eigenvalue weighted by molar-refractivity contribution is -0.130. The van der Waals surface area contributed by atoms with Gasteiger partial charge in [-0.05, 0) is 24.1 Å². The van der Waals surface area contributed by atoms with E-state index in [1.54, 1.807) is 4.90 Å². The second-order valence-electron chi connectivity index (χ2n) is 7.00. The summed E-state index contributed by atoms with van der Waals surface area (Å²) in [5.41, 5.74) is 1.70. The molecule has 7 heteroatoms. The van der Waals surface area contributed by atoms with E-state index in [9.17, 15) is 14.9 Å². The Bertz CT molecular complexity index is 995. The molecule has 4 rings (SSSR count). The zero-order valence-corrected chi connectivity index (χ0v) is 17.2. The number of amides is 2. The minimum absolute atomic E-state index is 0.00895. The lowest BCUT2D eigenvalue weighted by Crippen LogP contribution is -2.42. The van der Waals surface area contributed by atoms with E-state index in [0.717, 1.165) is 5.56 Å². The van der Waals surface area contributed by atoms with Gasteiger partial charge < -0.3 is 9.64 Å². The van der Waals surface area contributed by atoms with Crippen LogP contribution in [0.1, 0.15) is 5.56 Å². The molecule has 152 valence electrons.